The van der Waals surface area contributed by atoms with Crippen molar-refractivity contribution in [3.8, 4) is 0 Å². The van der Waals surface area contributed by atoms with Crippen LogP contribution in [0.5, 0.6) is 0 Å². The van der Waals surface area contributed by atoms with Gasteiger partial charge in [-0.2, -0.15) is 0 Å². The Morgan fingerprint density at radius 3 is 1.06 bits per heavy atom. The zero-order valence-electron chi connectivity index (χ0n) is 11.0. The molecule has 0 aromatic heterocycles. The summed E-state index contributed by atoms with van der Waals surface area (Å²) in [5.74, 6) is 0. The predicted octanol–water partition coefficient (Wildman–Crippen LogP) is -0.952. The van der Waals surface area contributed by atoms with Gasteiger partial charge in [0.1, 0.15) is 20.8 Å². The molecule has 4 nitrogen and oxygen atoms in total. The fourth-order valence-corrected chi connectivity index (χ4v) is 2.74. The van der Waals surface area contributed by atoms with Gasteiger partial charge in [0, 0.05) is 58.9 Å². The fraction of sp³-hybridized carbons (Fsp3) is 1.00. The maximum absolute atomic E-state index is 3.16. The van der Waals surface area contributed by atoms with Crippen LogP contribution in [0.1, 0.15) is 38.5 Å². The maximum Gasteiger partial charge on any atom is 0.114 e. The van der Waals surface area contributed by atoms with E-state index in [9.17, 15) is 0 Å². The molecule has 2 heterocycles. The molecule has 0 aromatic rings. The van der Waals surface area contributed by atoms with Gasteiger partial charge in [0.25, 0.3) is 0 Å². The van der Waals surface area contributed by atoms with Crippen molar-refractivity contribution in [2.75, 3.05) is 26.2 Å². The van der Waals surface area contributed by atoms with Crippen LogP contribution in [0.2, 0.25) is 0 Å². The van der Waals surface area contributed by atoms with E-state index < -0.39 is 0 Å². The molecule has 97 valence electrons. The van der Waals surface area contributed by atoms with Crippen LogP contribution in [0.15, 0.2) is 0 Å². The fourth-order valence-electron chi connectivity index (χ4n) is 2.10. The molecule has 0 bridgehead atoms. The SMILES string of the molecule is [SiH2]NN1CCCCC1.[SiH2]NN1CCCCC1.[Y]. The van der Waals surface area contributed by atoms with Crippen molar-refractivity contribution in [2.24, 2.45) is 0 Å². The molecule has 2 saturated heterocycles. The van der Waals surface area contributed by atoms with Crippen molar-refractivity contribution < 1.29 is 32.7 Å². The van der Waals surface area contributed by atoms with Crippen molar-refractivity contribution in [3.05, 3.63) is 0 Å². The van der Waals surface area contributed by atoms with E-state index in [4.69, 9.17) is 0 Å². The second kappa shape index (κ2) is 12.4. The molecular formula is C10H26N4Si2Y. The van der Waals surface area contributed by atoms with Gasteiger partial charge in [-0.15, -0.1) is 0 Å². The Hall–Kier alpha value is 1.38. The van der Waals surface area contributed by atoms with Crippen LogP contribution >= 0.6 is 0 Å². The van der Waals surface area contributed by atoms with Crippen molar-refractivity contribution in [3.63, 3.8) is 0 Å². The van der Waals surface area contributed by atoms with Gasteiger partial charge in [0.2, 0.25) is 0 Å². The molecule has 3 radical (unpaired) electrons. The summed E-state index contributed by atoms with van der Waals surface area (Å²) in [7, 11) is 3.63. The molecule has 0 spiro atoms. The predicted molar refractivity (Wildman–Crippen MR) is 74.2 cm³/mol. The zero-order valence-corrected chi connectivity index (χ0v) is 16.6. The van der Waals surface area contributed by atoms with E-state index in [1.807, 2.05) is 20.8 Å². The van der Waals surface area contributed by atoms with E-state index in [1.54, 1.807) is 0 Å². The smallest absolute Gasteiger partial charge is 0.114 e. The van der Waals surface area contributed by atoms with Gasteiger partial charge >= 0.3 is 0 Å². The second-order valence-corrected chi connectivity index (χ2v) is 5.04. The number of nitrogens with one attached hydrogen (secondary N) is 2. The molecular weight excluding hydrogens is 321 g/mol. The first-order valence-electron chi connectivity index (χ1n) is 6.42. The molecule has 0 aliphatic carbocycles. The van der Waals surface area contributed by atoms with Crippen LogP contribution < -0.4 is 10.2 Å². The molecule has 7 heteroatoms. The molecule has 0 atom stereocenters. The summed E-state index contributed by atoms with van der Waals surface area (Å²) in [5.41, 5.74) is 0. The van der Waals surface area contributed by atoms with Crippen LogP contribution in [0.25, 0.3) is 0 Å². The van der Waals surface area contributed by atoms with Crippen molar-refractivity contribution in [1.82, 2.24) is 20.2 Å². The van der Waals surface area contributed by atoms with Crippen LogP contribution in [0.3, 0.4) is 0 Å². The minimum absolute atomic E-state index is 0. The third-order valence-electron chi connectivity index (χ3n) is 3.16. The van der Waals surface area contributed by atoms with Crippen LogP contribution in [0, 0.1) is 0 Å². The van der Waals surface area contributed by atoms with Crippen LogP contribution in [0.4, 0.5) is 0 Å². The Kier molecular flexibility index (Phi) is 13.4. The van der Waals surface area contributed by atoms with E-state index in [0.29, 0.717) is 0 Å². The molecule has 2 aliphatic rings. The number of hydrogen-bond donors (Lipinski definition) is 2. The summed E-state index contributed by atoms with van der Waals surface area (Å²) < 4.78 is 0. The van der Waals surface area contributed by atoms with Crippen molar-refractivity contribution in [2.45, 2.75) is 38.5 Å². The van der Waals surface area contributed by atoms with Gasteiger partial charge in [-0.1, -0.05) is 12.8 Å². The summed E-state index contributed by atoms with van der Waals surface area (Å²) in [5, 5.41) is 10.9. The average Bonchev–Trinajstić information content (AvgIpc) is 2.41. The van der Waals surface area contributed by atoms with Gasteiger partial charge in [-0.3, -0.25) is 20.2 Å². The molecule has 17 heavy (non-hydrogen) atoms. The van der Waals surface area contributed by atoms with E-state index in [-0.39, 0.29) is 32.7 Å². The molecule has 0 unspecified atom stereocenters. The molecule has 2 aliphatic heterocycles. The van der Waals surface area contributed by atoms with Crippen molar-refractivity contribution >= 4 is 20.8 Å². The first-order chi connectivity index (χ1) is 7.86. The number of nitrogens with zero attached hydrogens (tertiary/aromatic N) is 2. The van der Waals surface area contributed by atoms with Crippen LogP contribution in [-0.4, -0.2) is 57.0 Å². The molecule has 0 amide bonds. The molecule has 0 aromatic carbocycles. The summed E-state index contributed by atoms with van der Waals surface area (Å²) in [4.78, 5) is 0. The second-order valence-electron chi connectivity index (χ2n) is 4.41. The van der Waals surface area contributed by atoms with Gasteiger partial charge in [-0.05, 0) is 25.7 Å². The summed E-state index contributed by atoms with van der Waals surface area (Å²) in [6.45, 7) is 4.96. The molecule has 0 saturated carbocycles. The van der Waals surface area contributed by atoms with Gasteiger partial charge in [0.05, 0.1) is 0 Å². The Bertz CT molecular complexity index is 146. The average molecular weight is 347 g/mol. The summed E-state index contributed by atoms with van der Waals surface area (Å²) >= 11 is 0. The molecule has 2 rings (SSSR count). The number of rotatable bonds is 2. The van der Waals surface area contributed by atoms with E-state index in [0.717, 1.165) is 0 Å². The Morgan fingerprint density at radius 2 is 0.882 bits per heavy atom. The van der Waals surface area contributed by atoms with E-state index in [2.05, 4.69) is 20.2 Å². The monoisotopic (exact) mass is 347 g/mol. The Morgan fingerprint density at radius 1 is 0.588 bits per heavy atom. The quantitative estimate of drug-likeness (QED) is 0.631. The van der Waals surface area contributed by atoms with Gasteiger partial charge in [-0.25, -0.2) is 0 Å². The van der Waals surface area contributed by atoms with Gasteiger partial charge in [0.15, 0.2) is 0 Å². The Balaban J connectivity index is 0.000000284. The zero-order chi connectivity index (χ0) is 11.6. The standard InChI is InChI=1S/2C5H13N2Si.Y/c2*8-6-7-4-2-1-3-5-7;/h2*6H,1-5,8H2;. The number of hydrazine groups is 2. The topological polar surface area (TPSA) is 30.5 Å². The largest absolute Gasteiger partial charge is 0.285 e. The third kappa shape index (κ3) is 8.99. The third-order valence-corrected chi connectivity index (χ3v) is 4.05. The minimum atomic E-state index is 0. The first kappa shape index (κ1) is 18.4. The molecule has 2 fully saturated rings. The van der Waals surface area contributed by atoms with E-state index in [1.165, 1.54) is 64.7 Å². The maximum atomic E-state index is 3.16. The minimum Gasteiger partial charge on any atom is -0.285 e. The normalized spacial score (nSPS) is 22.2. The first-order valence-corrected chi connectivity index (χ1v) is 7.83. The van der Waals surface area contributed by atoms with Crippen molar-refractivity contribution in [1.29, 1.82) is 0 Å². The molecule has 2 N–H and O–H groups in total. The summed E-state index contributed by atoms with van der Waals surface area (Å²) in [6.07, 6.45) is 8.30. The van der Waals surface area contributed by atoms with Crippen LogP contribution in [-0.2, 0) is 32.7 Å². The summed E-state index contributed by atoms with van der Waals surface area (Å²) in [6, 6.07) is 0. The van der Waals surface area contributed by atoms with E-state index >= 15 is 0 Å². The Labute approximate surface area is 137 Å². The number of hydrogen-bond acceptors (Lipinski definition) is 4. The number of piperidine rings is 2. The van der Waals surface area contributed by atoms with Gasteiger partial charge < -0.3 is 0 Å².